The summed E-state index contributed by atoms with van der Waals surface area (Å²) in [6.45, 7) is 2.80. The van der Waals surface area contributed by atoms with Crippen LogP contribution in [-0.4, -0.2) is 36.1 Å². The zero-order chi connectivity index (χ0) is 25.4. The monoisotopic (exact) mass is 522 g/mol. The van der Waals surface area contributed by atoms with Gasteiger partial charge in [-0.3, -0.25) is 4.79 Å². The van der Waals surface area contributed by atoms with Crippen molar-refractivity contribution in [1.29, 1.82) is 0 Å². The van der Waals surface area contributed by atoms with E-state index in [1.54, 1.807) is 22.3 Å². The van der Waals surface area contributed by atoms with Crippen LogP contribution in [0.25, 0.3) is 6.08 Å². The lowest BCUT2D eigenvalue weighted by molar-refractivity contribution is -0.133. The number of hydrogen-bond acceptors (Lipinski definition) is 4. The van der Waals surface area contributed by atoms with Crippen LogP contribution in [0.5, 0.6) is 0 Å². The van der Waals surface area contributed by atoms with Gasteiger partial charge in [0.1, 0.15) is 0 Å². The number of sulfonamides is 1. The third-order valence-electron chi connectivity index (χ3n) is 6.54. The quantitative estimate of drug-likeness (QED) is 0.318. The maximum Gasteiger partial charge on any atom is 0.238 e. The van der Waals surface area contributed by atoms with Crippen molar-refractivity contribution in [2.24, 2.45) is 0 Å². The van der Waals surface area contributed by atoms with E-state index >= 15 is 0 Å². The minimum atomic E-state index is -3.78. The van der Waals surface area contributed by atoms with Crippen molar-refractivity contribution in [3.8, 4) is 0 Å². The highest BCUT2D eigenvalue weighted by Gasteiger charge is 2.32. The van der Waals surface area contributed by atoms with Gasteiger partial charge >= 0.3 is 0 Å². The molecule has 3 aromatic rings. The molecule has 0 bridgehead atoms. The first kappa shape index (κ1) is 26.3. The number of benzene rings is 2. The van der Waals surface area contributed by atoms with E-state index in [2.05, 4.69) is 6.07 Å². The van der Waals surface area contributed by atoms with Crippen molar-refractivity contribution in [2.75, 3.05) is 6.54 Å². The lowest BCUT2D eigenvalue weighted by Crippen LogP contribution is -2.47. The summed E-state index contributed by atoms with van der Waals surface area (Å²) < 4.78 is 28.6. The van der Waals surface area contributed by atoms with Crippen LogP contribution < -0.4 is 0 Å². The highest BCUT2D eigenvalue weighted by molar-refractivity contribution is 7.92. The van der Waals surface area contributed by atoms with Crippen LogP contribution in [-0.2, 0) is 27.9 Å². The molecule has 1 heterocycles. The number of thiophene rings is 1. The molecule has 5 nitrogen and oxygen atoms in total. The Morgan fingerprint density at radius 1 is 0.917 bits per heavy atom. The van der Waals surface area contributed by atoms with Crippen LogP contribution in [0.3, 0.4) is 0 Å². The Morgan fingerprint density at radius 3 is 2.22 bits per heavy atom. The van der Waals surface area contributed by atoms with E-state index in [1.165, 1.54) is 14.6 Å². The molecule has 0 N–H and O–H groups in total. The molecule has 4 rings (SSSR count). The fourth-order valence-electron chi connectivity index (χ4n) is 4.63. The Labute approximate surface area is 219 Å². The van der Waals surface area contributed by atoms with Crippen LogP contribution >= 0.6 is 11.3 Å². The van der Waals surface area contributed by atoms with E-state index in [0.717, 1.165) is 48.1 Å². The molecule has 0 unspecified atom stereocenters. The average molecular weight is 523 g/mol. The van der Waals surface area contributed by atoms with Gasteiger partial charge in [-0.25, -0.2) is 8.42 Å². The Kier molecular flexibility index (Phi) is 9.13. The molecule has 0 aliphatic heterocycles. The highest BCUT2D eigenvalue weighted by atomic mass is 32.2. The summed E-state index contributed by atoms with van der Waals surface area (Å²) in [6.07, 6.45) is 6.26. The summed E-state index contributed by atoms with van der Waals surface area (Å²) in [6, 6.07) is 23.2. The summed E-state index contributed by atoms with van der Waals surface area (Å²) in [4.78, 5) is 17.8. The van der Waals surface area contributed by atoms with Gasteiger partial charge in [-0.05, 0) is 49.1 Å². The van der Waals surface area contributed by atoms with E-state index in [1.807, 2.05) is 73.7 Å². The van der Waals surface area contributed by atoms with Crippen molar-refractivity contribution in [2.45, 2.75) is 58.2 Å². The molecule has 0 radical (unpaired) electrons. The molecule has 1 aromatic heterocycles. The van der Waals surface area contributed by atoms with Crippen molar-refractivity contribution < 1.29 is 13.2 Å². The summed E-state index contributed by atoms with van der Waals surface area (Å²) in [5.74, 6) is -0.174. The van der Waals surface area contributed by atoms with Gasteiger partial charge in [0.05, 0.1) is 13.1 Å². The maximum atomic E-state index is 13.7. The minimum Gasteiger partial charge on any atom is -0.332 e. The first-order valence-electron chi connectivity index (χ1n) is 12.5. The molecule has 190 valence electrons. The normalized spacial score (nSPS) is 14.9. The second-order valence-corrected chi connectivity index (χ2v) is 12.5. The van der Waals surface area contributed by atoms with E-state index in [9.17, 15) is 13.2 Å². The Balaban J connectivity index is 1.58. The summed E-state index contributed by atoms with van der Waals surface area (Å²) in [5.41, 5.74) is 1.84. The molecular weight excluding hydrogens is 488 g/mol. The molecule has 0 saturated heterocycles. The van der Waals surface area contributed by atoms with E-state index < -0.39 is 10.0 Å². The molecular formula is C29H34N2O3S2. The van der Waals surface area contributed by atoms with Gasteiger partial charge in [0, 0.05) is 27.7 Å². The van der Waals surface area contributed by atoms with Crippen molar-refractivity contribution in [3.63, 3.8) is 0 Å². The number of hydrogen-bond donors (Lipinski definition) is 0. The summed E-state index contributed by atoms with van der Waals surface area (Å²) in [5, 5.41) is 1.26. The summed E-state index contributed by atoms with van der Waals surface area (Å²) in [7, 11) is -3.78. The maximum absolute atomic E-state index is 13.7. The molecule has 0 spiro atoms. The van der Waals surface area contributed by atoms with Crippen molar-refractivity contribution in [3.05, 3.63) is 99.1 Å². The molecule has 1 amide bonds. The number of nitrogens with zero attached hydrogens (tertiary/aromatic N) is 2. The molecule has 7 heteroatoms. The van der Waals surface area contributed by atoms with E-state index in [0.29, 0.717) is 13.1 Å². The van der Waals surface area contributed by atoms with Crippen molar-refractivity contribution >= 4 is 33.3 Å². The van der Waals surface area contributed by atoms with Gasteiger partial charge in [-0.15, -0.1) is 11.3 Å². The molecule has 1 saturated carbocycles. The summed E-state index contributed by atoms with van der Waals surface area (Å²) >= 11 is 1.67. The van der Waals surface area contributed by atoms with Crippen LogP contribution in [0.15, 0.2) is 78.2 Å². The number of aryl methyl sites for hydroxylation is 1. The molecule has 1 aliphatic rings. The third-order valence-corrected chi connectivity index (χ3v) is 9.09. The number of carbonyl (C=O) groups is 1. The van der Waals surface area contributed by atoms with E-state index in [4.69, 9.17) is 0 Å². The lowest BCUT2D eigenvalue weighted by Gasteiger charge is -2.33. The van der Waals surface area contributed by atoms with Crippen LogP contribution in [0.2, 0.25) is 0 Å². The number of rotatable bonds is 10. The van der Waals surface area contributed by atoms with Gasteiger partial charge in [0.2, 0.25) is 15.9 Å². The topological polar surface area (TPSA) is 57.7 Å². The highest BCUT2D eigenvalue weighted by Crippen LogP contribution is 2.26. The first-order chi connectivity index (χ1) is 17.4. The fraction of sp³-hybridized carbons (Fsp3) is 0.345. The Hall–Kier alpha value is -2.74. The molecule has 1 fully saturated rings. The second-order valence-electron chi connectivity index (χ2n) is 9.34. The smallest absolute Gasteiger partial charge is 0.238 e. The van der Waals surface area contributed by atoms with Gasteiger partial charge in [0.25, 0.3) is 0 Å². The van der Waals surface area contributed by atoms with Gasteiger partial charge < -0.3 is 4.90 Å². The van der Waals surface area contributed by atoms with Gasteiger partial charge in [0.15, 0.2) is 0 Å². The van der Waals surface area contributed by atoms with Gasteiger partial charge in [-0.1, -0.05) is 79.9 Å². The van der Waals surface area contributed by atoms with Crippen LogP contribution in [0.1, 0.15) is 53.0 Å². The second kappa shape index (κ2) is 12.5. The molecule has 2 aromatic carbocycles. The Bertz CT molecular complexity index is 1250. The van der Waals surface area contributed by atoms with E-state index in [-0.39, 0.29) is 18.5 Å². The Morgan fingerprint density at radius 2 is 1.58 bits per heavy atom. The zero-order valence-electron chi connectivity index (χ0n) is 20.8. The molecule has 36 heavy (non-hydrogen) atoms. The largest absolute Gasteiger partial charge is 0.332 e. The molecule has 1 aliphatic carbocycles. The SMILES string of the molecule is Cc1ccc(CN(Cc2ccccc2)C(=O)CN(C2CCCCC2)S(=O)(=O)C=Cc2ccccc2)s1. The standard InChI is InChI=1S/C29H34N2O3S2/c1-24-17-18-28(35-24)22-30(21-26-13-7-3-8-14-26)29(32)23-31(27-15-9-4-10-16-27)36(33,34)20-19-25-11-5-2-6-12-25/h2-3,5-8,11-14,17-20,27H,4,9-10,15-16,21-23H2,1H3. The predicted molar refractivity (Wildman–Crippen MR) is 148 cm³/mol. The first-order valence-corrected chi connectivity index (χ1v) is 14.8. The number of carbonyl (C=O) groups excluding carboxylic acids is 1. The van der Waals surface area contributed by atoms with Crippen LogP contribution in [0, 0.1) is 6.92 Å². The fourth-order valence-corrected chi connectivity index (χ4v) is 6.94. The van der Waals surface area contributed by atoms with Crippen LogP contribution in [0.4, 0.5) is 0 Å². The molecule has 0 atom stereocenters. The van der Waals surface area contributed by atoms with Crippen molar-refractivity contribution in [1.82, 2.24) is 9.21 Å². The zero-order valence-corrected chi connectivity index (χ0v) is 22.4. The lowest BCUT2D eigenvalue weighted by atomic mass is 9.95. The third kappa shape index (κ3) is 7.38. The minimum absolute atomic E-state index is 0.149. The van der Waals surface area contributed by atoms with Gasteiger partial charge in [-0.2, -0.15) is 4.31 Å². The number of amides is 1. The average Bonchev–Trinajstić information content (AvgIpc) is 3.31. The predicted octanol–water partition coefficient (Wildman–Crippen LogP) is 6.22.